The van der Waals surface area contributed by atoms with Gasteiger partial charge in [-0.3, -0.25) is 9.59 Å². The SMILES string of the molecule is CC(C)c1nn(-c2ccc(Cl)c(Cl)c2)c([O-])c1C1=C([n+]2ccccc2)C(=O)N(c2ccc(F)cc2)C1=O. The van der Waals surface area contributed by atoms with Crippen LogP contribution < -0.4 is 14.6 Å². The van der Waals surface area contributed by atoms with Crippen LogP contribution in [-0.4, -0.2) is 21.6 Å². The van der Waals surface area contributed by atoms with Crippen LogP contribution in [0.1, 0.15) is 31.0 Å². The number of nitrogens with zero attached hydrogens (tertiary/aromatic N) is 4. The molecule has 1 aliphatic heterocycles. The van der Waals surface area contributed by atoms with Gasteiger partial charge in [0.15, 0.2) is 12.4 Å². The molecule has 2 aromatic heterocycles. The zero-order chi connectivity index (χ0) is 26.4. The van der Waals surface area contributed by atoms with Crippen LogP contribution in [0.15, 0.2) is 73.1 Å². The second kappa shape index (κ2) is 9.46. The van der Waals surface area contributed by atoms with Crippen molar-refractivity contribution in [3.05, 3.63) is 100 Å². The highest BCUT2D eigenvalue weighted by Crippen LogP contribution is 2.41. The molecule has 1 aliphatic rings. The molecule has 10 heteroatoms. The minimum Gasteiger partial charge on any atom is -0.858 e. The fraction of sp³-hybridized carbons (Fsp3) is 0.111. The van der Waals surface area contributed by atoms with Crippen LogP contribution in [0.4, 0.5) is 10.1 Å². The lowest BCUT2D eigenvalue weighted by atomic mass is 9.98. The summed E-state index contributed by atoms with van der Waals surface area (Å²) >= 11 is 12.2. The number of amides is 2. The van der Waals surface area contributed by atoms with Gasteiger partial charge in [0.1, 0.15) is 11.4 Å². The number of hydrogen-bond acceptors (Lipinski definition) is 4. The number of hydrogen-bond donors (Lipinski definition) is 0. The first-order chi connectivity index (χ1) is 17.7. The van der Waals surface area contributed by atoms with Crippen LogP contribution in [0, 0.1) is 5.82 Å². The molecule has 0 saturated heterocycles. The van der Waals surface area contributed by atoms with Crippen molar-refractivity contribution in [3.8, 4) is 11.6 Å². The molecular weight excluding hydrogens is 518 g/mol. The molecule has 37 heavy (non-hydrogen) atoms. The zero-order valence-corrected chi connectivity index (χ0v) is 21.2. The van der Waals surface area contributed by atoms with Crippen LogP contribution in [0.3, 0.4) is 0 Å². The summed E-state index contributed by atoms with van der Waals surface area (Å²) in [5.74, 6) is -2.74. The van der Waals surface area contributed by atoms with E-state index in [1.54, 1.807) is 42.7 Å². The third-order valence-corrected chi connectivity index (χ3v) is 6.67. The van der Waals surface area contributed by atoms with E-state index in [4.69, 9.17) is 23.2 Å². The maximum absolute atomic E-state index is 13.9. The van der Waals surface area contributed by atoms with E-state index in [0.717, 1.165) is 21.7 Å². The smallest absolute Gasteiger partial charge is 0.331 e. The molecule has 186 valence electrons. The Kier molecular flexibility index (Phi) is 6.31. The summed E-state index contributed by atoms with van der Waals surface area (Å²) in [5.41, 5.74) is 0.774. The molecule has 7 nitrogen and oxygen atoms in total. The number of anilines is 1. The van der Waals surface area contributed by atoms with Gasteiger partial charge in [0.2, 0.25) is 0 Å². The third kappa shape index (κ3) is 4.18. The quantitative estimate of drug-likeness (QED) is 0.272. The summed E-state index contributed by atoms with van der Waals surface area (Å²) < 4.78 is 16.2. The fourth-order valence-electron chi connectivity index (χ4n) is 4.20. The van der Waals surface area contributed by atoms with E-state index in [9.17, 15) is 19.1 Å². The van der Waals surface area contributed by atoms with Gasteiger partial charge in [-0.2, -0.15) is 9.67 Å². The number of carbonyl (C=O) groups is 2. The van der Waals surface area contributed by atoms with Gasteiger partial charge < -0.3 is 5.11 Å². The molecule has 5 rings (SSSR count). The molecular formula is C27H19Cl2FN4O3. The summed E-state index contributed by atoms with van der Waals surface area (Å²) in [6.45, 7) is 3.67. The molecule has 2 amide bonds. The van der Waals surface area contributed by atoms with Crippen LogP contribution in [0.5, 0.6) is 5.88 Å². The average Bonchev–Trinajstić information content (AvgIpc) is 3.35. The number of pyridine rings is 1. The van der Waals surface area contributed by atoms with Gasteiger partial charge in [0.25, 0.3) is 11.6 Å². The van der Waals surface area contributed by atoms with Gasteiger partial charge in [0, 0.05) is 17.7 Å². The van der Waals surface area contributed by atoms with Crippen LogP contribution in [0.25, 0.3) is 17.0 Å². The van der Waals surface area contributed by atoms with Crippen molar-refractivity contribution in [2.45, 2.75) is 19.8 Å². The van der Waals surface area contributed by atoms with Gasteiger partial charge in [-0.1, -0.05) is 43.1 Å². The molecule has 0 unspecified atom stereocenters. The van der Waals surface area contributed by atoms with E-state index in [2.05, 4.69) is 5.10 Å². The lowest BCUT2D eigenvalue weighted by Gasteiger charge is -2.16. The zero-order valence-electron chi connectivity index (χ0n) is 19.7. The topological polar surface area (TPSA) is 82.1 Å². The van der Waals surface area contributed by atoms with Gasteiger partial charge >= 0.3 is 5.91 Å². The summed E-state index contributed by atoms with van der Waals surface area (Å²) in [7, 11) is 0. The van der Waals surface area contributed by atoms with Gasteiger partial charge in [-0.15, -0.1) is 0 Å². The van der Waals surface area contributed by atoms with Crippen molar-refractivity contribution in [2.24, 2.45) is 0 Å². The summed E-state index contributed by atoms with van der Waals surface area (Å²) in [5, 5.41) is 18.9. The maximum atomic E-state index is 13.9. The minimum absolute atomic E-state index is 0.00962. The second-order valence-electron chi connectivity index (χ2n) is 8.66. The molecule has 0 spiro atoms. The van der Waals surface area contributed by atoms with Crippen molar-refractivity contribution in [3.63, 3.8) is 0 Å². The van der Waals surface area contributed by atoms with Crippen molar-refractivity contribution in [2.75, 3.05) is 4.90 Å². The Labute approximate surface area is 221 Å². The highest BCUT2D eigenvalue weighted by molar-refractivity contribution is 6.53. The molecule has 0 bridgehead atoms. The van der Waals surface area contributed by atoms with E-state index in [1.807, 2.05) is 13.8 Å². The maximum Gasteiger partial charge on any atom is 0.331 e. The Bertz CT molecular complexity index is 1580. The molecule has 3 heterocycles. The first-order valence-corrected chi connectivity index (χ1v) is 12.1. The number of carbonyl (C=O) groups excluding carboxylic acids is 2. The van der Waals surface area contributed by atoms with Gasteiger partial charge in [-0.25, -0.2) is 14.0 Å². The molecule has 0 atom stereocenters. The second-order valence-corrected chi connectivity index (χ2v) is 9.47. The summed E-state index contributed by atoms with van der Waals surface area (Å²) in [6, 6.07) is 14.8. The normalized spacial score (nSPS) is 13.8. The first-order valence-electron chi connectivity index (χ1n) is 11.3. The predicted octanol–water partition coefficient (Wildman–Crippen LogP) is 4.74. The molecule has 0 saturated carbocycles. The molecule has 0 N–H and O–H groups in total. The van der Waals surface area contributed by atoms with Crippen molar-refractivity contribution in [1.82, 2.24) is 9.78 Å². The Morgan fingerprint density at radius 2 is 1.57 bits per heavy atom. The summed E-state index contributed by atoms with van der Waals surface area (Å²) in [6.07, 6.45) is 3.22. The Balaban J connectivity index is 1.78. The number of imide groups is 1. The lowest BCUT2D eigenvalue weighted by Crippen LogP contribution is -2.39. The number of rotatable bonds is 5. The van der Waals surface area contributed by atoms with Crippen molar-refractivity contribution >= 4 is 52.0 Å². The summed E-state index contributed by atoms with van der Waals surface area (Å²) in [4.78, 5) is 28.5. The van der Waals surface area contributed by atoms with E-state index >= 15 is 0 Å². The molecule has 0 fully saturated rings. The van der Waals surface area contributed by atoms with Crippen molar-refractivity contribution < 1.29 is 23.7 Å². The standard InChI is InChI=1S/C27H19Cl2FN4O3/c1-15(2)23-21(26(36)34(31-23)18-10-11-19(28)20(29)14-18)22-24(32-12-4-3-5-13-32)27(37)33(25(22)35)17-8-6-16(30)7-9-17/h3-15H,1-2H3. The van der Waals surface area contributed by atoms with E-state index in [0.29, 0.717) is 16.4 Å². The fourth-order valence-corrected chi connectivity index (χ4v) is 4.50. The first kappa shape index (κ1) is 24.7. The number of aromatic nitrogens is 3. The minimum atomic E-state index is -0.712. The highest BCUT2D eigenvalue weighted by atomic mass is 35.5. The van der Waals surface area contributed by atoms with E-state index < -0.39 is 23.5 Å². The van der Waals surface area contributed by atoms with Crippen LogP contribution >= 0.6 is 23.2 Å². The predicted molar refractivity (Wildman–Crippen MR) is 136 cm³/mol. The largest absolute Gasteiger partial charge is 0.858 e. The molecule has 4 aromatic rings. The molecule has 2 aromatic carbocycles. The number of benzene rings is 2. The van der Waals surface area contributed by atoms with Crippen LogP contribution in [-0.2, 0) is 9.59 Å². The Morgan fingerprint density at radius 1 is 0.919 bits per heavy atom. The van der Waals surface area contributed by atoms with Crippen molar-refractivity contribution in [1.29, 1.82) is 0 Å². The Hall–Kier alpha value is -4.01. The molecule has 0 aliphatic carbocycles. The average molecular weight is 537 g/mol. The molecule has 0 radical (unpaired) electrons. The van der Waals surface area contributed by atoms with Gasteiger partial charge in [0.05, 0.1) is 27.1 Å². The number of halogens is 3. The highest BCUT2D eigenvalue weighted by Gasteiger charge is 2.47. The third-order valence-electron chi connectivity index (χ3n) is 5.93. The Morgan fingerprint density at radius 3 is 2.19 bits per heavy atom. The van der Waals surface area contributed by atoms with E-state index in [1.165, 1.54) is 22.8 Å². The lowest BCUT2D eigenvalue weighted by molar-refractivity contribution is -0.576. The van der Waals surface area contributed by atoms with Gasteiger partial charge in [-0.05, 0) is 54.3 Å². The van der Waals surface area contributed by atoms with E-state index in [-0.39, 0.29) is 33.5 Å². The monoisotopic (exact) mass is 536 g/mol. The van der Waals surface area contributed by atoms with Crippen LogP contribution in [0.2, 0.25) is 10.0 Å².